The Morgan fingerprint density at radius 3 is 2.23 bits per heavy atom. The van der Waals surface area contributed by atoms with Gasteiger partial charge >= 0.3 is 0 Å². The predicted molar refractivity (Wildman–Crippen MR) is 120 cm³/mol. The van der Waals surface area contributed by atoms with Crippen LogP contribution < -0.4 is 9.04 Å². The van der Waals surface area contributed by atoms with Crippen LogP contribution in [0.5, 0.6) is 5.75 Å². The lowest BCUT2D eigenvalue weighted by molar-refractivity contribution is 0.135. The van der Waals surface area contributed by atoms with E-state index in [4.69, 9.17) is 4.74 Å². The van der Waals surface area contributed by atoms with Crippen molar-refractivity contribution in [3.05, 3.63) is 54.1 Å². The minimum absolute atomic E-state index is 0.0852. The smallest absolute Gasteiger partial charge is 0.264 e. The van der Waals surface area contributed by atoms with E-state index in [-0.39, 0.29) is 11.0 Å². The number of hydrogen-bond acceptors (Lipinski definition) is 5. The van der Waals surface area contributed by atoms with Crippen LogP contribution >= 0.6 is 0 Å². The van der Waals surface area contributed by atoms with Gasteiger partial charge in [-0.15, -0.1) is 0 Å². The fourth-order valence-electron chi connectivity index (χ4n) is 4.20. The van der Waals surface area contributed by atoms with Crippen molar-refractivity contribution in [1.29, 1.82) is 0 Å². The van der Waals surface area contributed by atoms with Crippen molar-refractivity contribution < 1.29 is 21.6 Å². The Bertz CT molecular complexity index is 1120. The molecule has 0 spiro atoms. The molecular formula is C22H28N2O5S2. The summed E-state index contributed by atoms with van der Waals surface area (Å²) in [5.41, 5.74) is 1.82. The van der Waals surface area contributed by atoms with Crippen LogP contribution in [0.25, 0.3) is 0 Å². The van der Waals surface area contributed by atoms with Crippen LogP contribution in [0.2, 0.25) is 0 Å². The van der Waals surface area contributed by atoms with Crippen LogP contribution in [-0.4, -0.2) is 53.1 Å². The fourth-order valence-corrected chi connectivity index (χ4v) is 6.61. The van der Waals surface area contributed by atoms with Gasteiger partial charge in [-0.25, -0.2) is 21.1 Å². The van der Waals surface area contributed by atoms with E-state index in [1.54, 1.807) is 24.3 Å². The minimum Gasteiger partial charge on any atom is -0.490 e. The predicted octanol–water partition coefficient (Wildman–Crippen LogP) is 3.02. The average Bonchev–Trinajstić information content (AvgIpc) is 2.97. The van der Waals surface area contributed by atoms with Gasteiger partial charge in [0.25, 0.3) is 10.0 Å². The van der Waals surface area contributed by atoms with Crippen molar-refractivity contribution in [3.8, 4) is 5.75 Å². The van der Waals surface area contributed by atoms with Crippen LogP contribution in [-0.2, 0) is 26.5 Å². The van der Waals surface area contributed by atoms with E-state index in [0.717, 1.165) is 30.5 Å². The third-order valence-electron chi connectivity index (χ3n) is 5.90. The standard InChI is InChI=1S/C22H28N2O5S2/c1-30(25,26)23-16-13-20(14-17-23)29-19-9-11-21(12-10-19)31(27,28)24-15-5-4-7-18-6-2-3-8-22(18)24/h2-3,6,8-12,20H,4-5,7,13-17H2,1H3. The lowest BCUT2D eigenvalue weighted by Gasteiger charge is -2.30. The second-order valence-corrected chi connectivity index (χ2v) is 12.0. The summed E-state index contributed by atoms with van der Waals surface area (Å²) in [6, 6.07) is 14.2. The number of benzene rings is 2. The van der Waals surface area contributed by atoms with E-state index >= 15 is 0 Å². The first-order valence-electron chi connectivity index (χ1n) is 10.6. The first kappa shape index (κ1) is 22.1. The zero-order valence-electron chi connectivity index (χ0n) is 17.6. The first-order chi connectivity index (χ1) is 14.7. The number of hydrogen-bond donors (Lipinski definition) is 0. The van der Waals surface area contributed by atoms with Crippen molar-refractivity contribution in [2.45, 2.75) is 43.1 Å². The zero-order chi connectivity index (χ0) is 22.1. The van der Waals surface area contributed by atoms with Crippen LogP contribution in [0.1, 0.15) is 31.2 Å². The minimum atomic E-state index is -3.67. The molecule has 1 saturated heterocycles. The van der Waals surface area contributed by atoms with Gasteiger partial charge in [-0.2, -0.15) is 0 Å². The Morgan fingerprint density at radius 2 is 1.55 bits per heavy atom. The van der Waals surface area contributed by atoms with Crippen molar-refractivity contribution >= 4 is 25.7 Å². The number of aryl methyl sites for hydroxylation is 1. The fraction of sp³-hybridized carbons (Fsp3) is 0.455. The molecule has 168 valence electrons. The van der Waals surface area contributed by atoms with E-state index in [1.807, 2.05) is 24.3 Å². The molecule has 0 aliphatic carbocycles. The van der Waals surface area contributed by atoms with Crippen LogP contribution in [0.4, 0.5) is 5.69 Å². The Balaban J connectivity index is 1.47. The topological polar surface area (TPSA) is 84.0 Å². The molecule has 0 radical (unpaired) electrons. The molecule has 0 unspecified atom stereocenters. The molecule has 2 aromatic carbocycles. The van der Waals surface area contributed by atoms with Gasteiger partial charge in [0.2, 0.25) is 10.0 Å². The molecule has 2 aliphatic rings. The number of sulfonamides is 2. The molecule has 0 saturated carbocycles. The molecule has 0 aromatic heterocycles. The monoisotopic (exact) mass is 464 g/mol. The third kappa shape index (κ3) is 4.88. The number of rotatable bonds is 5. The number of para-hydroxylation sites is 1. The summed E-state index contributed by atoms with van der Waals surface area (Å²) in [6.07, 6.45) is 5.02. The Kier molecular flexibility index (Phi) is 6.27. The van der Waals surface area contributed by atoms with E-state index in [2.05, 4.69) is 0 Å². The highest BCUT2D eigenvalue weighted by atomic mass is 32.2. The van der Waals surface area contributed by atoms with Gasteiger partial charge in [0, 0.05) is 19.6 Å². The second kappa shape index (κ2) is 8.80. The maximum atomic E-state index is 13.4. The number of fused-ring (bicyclic) bond motifs is 1. The number of nitrogens with zero attached hydrogens (tertiary/aromatic N) is 2. The first-order valence-corrected chi connectivity index (χ1v) is 13.9. The molecule has 0 N–H and O–H groups in total. The third-order valence-corrected chi connectivity index (χ3v) is 9.03. The van der Waals surface area contributed by atoms with E-state index in [9.17, 15) is 16.8 Å². The molecule has 2 heterocycles. The van der Waals surface area contributed by atoms with Gasteiger partial charge < -0.3 is 4.74 Å². The maximum absolute atomic E-state index is 13.4. The highest BCUT2D eigenvalue weighted by Crippen LogP contribution is 2.32. The summed E-state index contributed by atoms with van der Waals surface area (Å²) in [5.74, 6) is 0.591. The van der Waals surface area contributed by atoms with Gasteiger partial charge in [0.1, 0.15) is 11.9 Å². The molecule has 0 amide bonds. The molecule has 0 bridgehead atoms. The Labute approximate surface area is 184 Å². The van der Waals surface area contributed by atoms with Gasteiger partial charge in [-0.3, -0.25) is 4.31 Å². The summed E-state index contributed by atoms with van der Waals surface area (Å²) in [5, 5.41) is 0. The van der Waals surface area contributed by atoms with Crippen molar-refractivity contribution in [1.82, 2.24) is 4.31 Å². The largest absolute Gasteiger partial charge is 0.490 e. The molecule has 1 fully saturated rings. The molecule has 2 aromatic rings. The molecule has 0 atom stereocenters. The lowest BCUT2D eigenvalue weighted by atomic mass is 10.1. The highest BCUT2D eigenvalue weighted by molar-refractivity contribution is 7.92. The molecule has 7 nitrogen and oxygen atoms in total. The number of piperidine rings is 1. The summed E-state index contributed by atoms with van der Waals surface area (Å²) >= 11 is 0. The average molecular weight is 465 g/mol. The molecule has 31 heavy (non-hydrogen) atoms. The van der Waals surface area contributed by atoms with Crippen LogP contribution in [0.15, 0.2) is 53.4 Å². The van der Waals surface area contributed by atoms with Gasteiger partial charge in [-0.05, 0) is 68.0 Å². The van der Waals surface area contributed by atoms with E-state index in [0.29, 0.717) is 38.2 Å². The van der Waals surface area contributed by atoms with Gasteiger partial charge in [0.05, 0.1) is 16.8 Å². The summed E-state index contributed by atoms with van der Waals surface area (Å²) in [7, 11) is -6.84. The summed E-state index contributed by atoms with van der Waals surface area (Å²) in [4.78, 5) is 0.239. The van der Waals surface area contributed by atoms with Crippen LogP contribution in [0.3, 0.4) is 0 Å². The van der Waals surface area contributed by atoms with E-state index in [1.165, 1.54) is 14.9 Å². The van der Waals surface area contributed by atoms with Crippen LogP contribution in [0, 0.1) is 0 Å². The molecular weight excluding hydrogens is 436 g/mol. The number of anilines is 1. The quantitative estimate of drug-likeness (QED) is 0.679. The SMILES string of the molecule is CS(=O)(=O)N1CCC(Oc2ccc(S(=O)(=O)N3CCCCc4ccccc43)cc2)CC1. The molecule has 2 aliphatic heterocycles. The highest BCUT2D eigenvalue weighted by Gasteiger charge is 2.29. The number of ether oxygens (including phenoxy) is 1. The van der Waals surface area contributed by atoms with Crippen molar-refractivity contribution in [2.24, 2.45) is 0 Å². The summed E-state index contributed by atoms with van der Waals surface area (Å²) < 4.78 is 58.9. The van der Waals surface area contributed by atoms with Crippen molar-refractivity contribution in [2.75, 3.05) is 30.2 Å². The normalized spacial score (nSPS) is 18.9. The van der Waals surface area contributed by atoms with Crippen molar-refractivity contribution in [3.63, 3.8) is 0 Å². The summed E-state index contributed by atoms with van der Waals surface area (Å²) in [6.45, 7) is 1.34. The van der Waals surface area contributed by atoms with Gasteiger partial charge in [-0.1, -0.05) is 18.2 Å². The Hall–Kier alpha value is -2.10. The molecule has 4 rings (SSSR count). The Morgan fingerprint density at radius 1 is 0.871 bits per heavy atom. The molecule has 9 heteroatoms. The second-order valence-electron chi connectivity index (χ2n) is 8.11. The van der Waals surface area contributed by atoms with E-state index < -0.39 is 20.0 Å². The zero-order valence-corrected chi connectivity index (χ0v) is 19.2. The lowest BCUT2D eigenvalue weighted by Crippen LogP contribution is -2.41. The van der Waals surface area contributed by atoms with Gasteiger partial charge in [0.15, 0.2) is 0 Å². The maximum Gasteiger partial charge on any atom is 0.264 e.